The monoisotopic (exact) mass is 299 g/mol. The lowest BCUT2D eigenvalue weighted by Crippen LogP contribution is -2.21. The van der Waals surface area contributed by atoms with E-state index < -0.39 is 0 Å². The van der Waals surface area contributed by atoms with Gasteiger partial charge in [0.15, 0.2) is 0 Å². The van der Waals surface area contributed by atoms with Crippen molar-refractivity contribution in [1.82, 2.24) is 5.32 Å². The van der Waals surface area contributed by atoms with Gasteiger partial charge >= 0.3 is 0 Å². The molecule has 2 aromatic rings. The Morgan fingerprint density at radius 3 is 2.56 bits per heavy atom. The maximum absolute atomic E-state index is 6.35. The zero-order valence-corrected chi connectivity index (χ0v) is 12.7. The smallest absolute Gasteiger partial charge is 0.0931 e. The number of thiophene rings is 1. The van der Waals surface area contributed by atoms with Gasteiger partial charge in [-0.2, -0.15) is 0 Å². The molecule has 0 aliphatic carbocycles. The van der Waals surface area contributed by atoms with E-state index in [2.05, 4.69) is 30.4 Å². The van der Waals surface area contributed by atoms with E-state index in [9.17, 15) is 0 Å². The molecule has 1 nitrogen and oxygen atoms in total. The number of rotatable bonds is 4. The normalized spacial score (nSPS) is 12.7. The fraction of sp³-hybridized carbons (Fsp3) is 0.286. The minimum atomic E-state index is 0.112. The first-order chi connectivity index (χ1) is 8.61. The van der Waals surface area contributed by atoms with Crippen molar-refractivity contribution in [3.05, 3.63) is 55.7 Å². The fourth-order valence-electron chi connectivity index (χ4n) is 1.92. The molecule has 0 saturated heterocycles. The van der Waals surface area contributed by atoms with Crippen molar-refractivity contribution in [1.29, 1.82) is 0 Å². The van der Waals surface area contributed by atoms with Gasteiger partial charge in [0.05, 0.1) is 10.4 Å². The molecule has 0 amide bonds. The summed E-state index contributed by atoms with van der Waals surface area (Å²) in [5.74, 6) is 0. The molecule has 1 unspecified atom stereocenters. The average molecular weight is 300 g/mol. The molecule has 1 aromatic carbocycles. The molecule has 96 valence electrons. The minimum absolute atomic E-state index is 0.112. The van der Waals surface area contributed by atoms with Crippen molar-refractivity contribution < 1.29 is 0 Å². The van der Waals surface area contributed by atoms with E-state index in [1.165, 1.54) is 10.4 Å². The first-order valence-corrected chi connectivity index (χ1v) is 7.43. The van der Waals surface area contributed by atoms with Crippen molar-refractivity contribution in [3.63, 3.8) is 0 Å². The van der Waals surface area contributed by atoms with Crippen LogP contribution in [0.5, 0.6) is 0 Å². The Hall–Kier alpha value is -0.540. The van der Waals surface area contributed by atoms with Crippen molar-refractivity contribution in [2.75, 3.05) is 6.54 Å². The summed E-state index contributed by atoms with van der Waals surface area (Å²) in [5, 5.41) is 4.25. The molecule has 0 saturated carbocycles. The first-order valence-electron chi connectivity index (χ1n) is 5.86. The number of hydrogen-bond acceptors (Lipinski definition) is 2. The fourth-order valence-corrected chi connectivity index (χ4v) is 3.42. The van der Waals surface area contributed by atoms with Crippen LogP contribution < -0.4 is 5.32 Å². The van der Waals surface area contributed by atoms with Gasteiger partial charge in [-0.1, -0.05) is 42.3 Å². The van der Waals surface area contributed by atoms with E-state index in [1.54, 1.807) is 11.3 Å². The Balaban J connectivity index is 2.41. The standard InChI is InChI=1S/C14H15Cl2NS/c1-3-17-14(12-6-7-13(16)18-12)10-5-4-9(2)8-11(10)15/h4-8,14,17H,3H2,1-2H3. The van der Waals surface area contributed by atoms with Crippen LogP contribution in [0, 0.1) is 6.92 Å². The van der Waals surface area contributed by atoms with Crippen LogP contribution in [0.3, 0.4) is 0 Å². The summed E-state index contributed by atoms with van der Waals surface area (Å²) in [7, 11) is 0. The molecule has 0 aliphatic rings. The Kier molecular flexibility index (Phi) is 4.68. The van der Waals surface area contributed by atoms with Crippen molar-refractivity contribution in [3.8, 4) is 0 Å². The van der Waals surface area contributed by atoms with Gasteiger partial charge in [0.2, 0.25) is 0 Å². The molecule has 0 aliphatic heterocycles. The topological polar surface area (TPSA) is 12.0 Å². The second kappa shape index (κ2) is 6.07. The summed E-state index contributed by atoms with van der Waals surface area (Å²) in [6.45, 7) is 5.01. The van der Waals surface area contributed by atoms with E-state index in [4.69, 9.17) is 23.2 Å². The zero-order chi connectivity index (χ0) is 13.1. The molecule has 4 heteroatoms. The van der Waals surface area contributed by atoms with Gasteiger partial charge in [-0.05, 0) is 42.8 Å². The van der Waals surface area contributed by atoms with Crippen LogP contribution in [0.4, 0.5) is 0 Å². The summed E-state index contributed by atoms with van der Waals surface area (Å²) >= 11 is 14.0. The van der Waals surface area contributed by atoms with E-state index in [-0.39, 0.29) is 6.04 Å². The summed E-state index contributed by atoms with van der Waals surface area (Å²) in [6, 6.07) is 10.3. The molecule has 2 rings (SSSR count). The molecular formula is C14H15Cl2NS. The second-order valence-corrected chi connectivity index (χ2v) is 6.31. The zero-order valence-electron chi connectivity index (χ0n) is 10.3. The number of aryl methyl sites for hydroxylation is 1. The predicted molar refractivity (Wildman–Crippen MR) is 81.0 cm³/mol. The number of hydrogen-bond donors (Lipinski definition) is 1. The van der Waals surface area contributed by atoms with Gasteiger partial charge in [0.25, 0.3) is 0 Å². The Morgan fingerprint density at radius 2 is 2.00 bits per heavy atom. The van der Waals surface area contributed by atoms with Gasteiger partial charge in [-0.15, -0.1) is 11.3 Å². The third-order valence-corrected chi connectivity index (χ3v) is 4.38. The first kappa shape index (κ1) is 13.9. The van der Waals surface area contributed by atoms with Crippen LogP contribution in [0.15, 0.2) is 30.3 Å². The number of benzene rings is 1. The SMILES string of the molecule is CCNC(c1ccc(Cl)s1)c1ccc(C)cc1Cl. The minimum Gasteiger partial charge on any atom is -0.306 e. The molecule has 1 N–H and O–H groups in total. The Morgan fingerprint density at radius 1 is 1.22 bits per heavy atom. The molecule has 1 atom stereocenters. The largest absolute Gasteiger partial charge is 0.306 e. The van der Waals surface area contributed by atoms with Crippen LogP contribution in [0.25, 0.3) is 0 Å². The quantitative estimate of drug-likeness (QED) is 0.832. The molecule has 18 heavy (non-hydrogen) atoms. The van der Waals surface area contributed by atoms with Gasteiger partial charge in [0, 0.05) is 9.90 Å². The number of halogens is 2. The third kappa shape index (κ3) is 3.07. The summed E-state index contributed by atoms with van der Waals surface area (Å²) in [6.07, 6.45) is 0. The average Bonchev–Trinajstić information content (AvgIpc) is 2.73. The van der Waals surface area contributed by atoms with Crippen LogP contribution in [0.2, 0.25) is 9.36 Å². The van der Waals surface area contributed by atoms with Gasteiger partial charge in [-0.3, -0.25) is 0 Å². The molecule has 0 radical (unpaired) electrons. The maximum atomic E-state index is 6.35. The van der Waals surface area contributed by atoms with Gasteiger partial charge < -0.3 is 5.32 Å². The predicted octanol–water partition coefficient (Wildman–Crippen LogP) is 5.06. The highest BCUT2D eigenvalue weighted by Crippen LogP contribution is 2.34. The van der Waals surface area contributed by atoms with Crippen LogP contribution >= 0.6 is 34.5 Å². The number of nitrogens with one attached hydrogen (secondary N) is 1. The van der Waals surface area contributed by atoms with Crippen LogP contribution in [0.1, 0.15) is 29.0 Å². The van der Waals surface area contributed by atoms with Crippen LogP contribution in [-0.4, -0.2) is 6.54 Å². The molecule has 0 spiro atoms. The second-order valence-electron chi connectivity index (χ2n) is 4.16. The van der Waals surface area contributed by atoms with Crippen LogP contribution in [-0.2, 0) is 0 Å². The van der Waals surface area contributed by atoms with E-state index in [0.717, 1.165) is 21.5 Å². The third-order valence-electron chi connectivity index (χ3n) is 2.75. The molecule has 0 bridgehead atoms. The van der Waals surface area contributed by atoms with E-state index >= 15 is 0 Å². The lowest BCUT2D eigenvalue weighted by Gasteiger charge is -2.18. The molecular weight excluding hydrogens is 285 g/mol. The summed E-state index contributed by atoms with van der Waals surface area (Å²) in [5.41, 5.74) is 2.27. The molecule has 0 fully saturated rings. The highest BCUT2D eigenvalue weighted by molar-refractivity contribution is 7.16. The summed E-state index contributed by atoms with van der Waals surface area (Å²) in [4.78, 5) is 1.19. The highest BCUT2D eigenvalue weighted by atomic mass is 35.5. The van der Waals surface area contributed by atoms with Gasteiger partial charge in [-0.25, -0.2) is 0 Å². The van der Waals surface area contributed by atoms with Crippen molar-refractivity contribution in [2.45, 2.75) is 19.9 Å². The van der Waals surface area contributed by atoms with E-state index in [1.807, 2.05) is 19.1 Å². The van der Waals surface area contributed by atoms with Gasteiger partial charge in [0.1, 0.15) is 0 Å². The molecule has 1 heterocycles. The lowest BCUT2D eigenvalue weighted by atomic mass is 10.0. The maximum Gasteiger partial charge on any atom is 0.0931 e. The highest BCUT2D eigenvalue weighted by Gasteiger charge is 2.17. The van der Waals surface area contributed by atoms with Crippen molar-refractivity contribution >= 4 is 34.5 Å². The Bertz CT molecular complexity index is 536. The Labute approximate surface area is 122 Å². The lowest BCUT2D eigenvalue weighted by molar-refractivity contribution is 0.640. The van der Waals surface area contributed by atoms with Crippen molar-refractivity contribution in [2.24, 2.45) is 0 Å². The van der Waals surface area contributed by atoms with E-state index in [0.29, 0.717) is 0 Å². The summed E-state index contributed by atoms with van der Waals surface area (Å²) < 4.78 is 0.802. The molecule has 1 aromatic heterocycles.